The zero-order valence-electron chi connectivity index (χ0n) is 14.9. The second-order valence-electron chi connectivity index (χ2n) is 6.23. The molecule has 0 spiro atoms. The fourth-order valence-electron chi connectivity index (χ4n) is 2.77. The average molecular weight is 364 g/mol. The number of hydrazine groups is 1. The molecule has 0 aliphatic carbocycles. The van der Waals surface area contributed by atoms with E-state index in [9.17, 15) is 14.4 Å². The van der Waals surface area contributed by atoms with Crippen molar-refractivity contribution in [1.29, 1.82) is 0 Å². The third-order valence-corrected chi connectivity index (χ3v) is 4.29. The van der Waals surface area contributed by atoms with Gasteiger partial charge in [-0.2, -0.15) is 0 Å². The number of urea groups is 1. The summed E-state index contributed by atoms with van der Waals surface area (Å²) in [5.41, 5.74) is 8.46. The molecule has 0 aromatic heterocycles. The van der Waals surface area contributed by atoms with Crippen molar-refractivity contribution >= 4 is 23.5 Å². The molecule has 7 heteroatoms. The van der Waals surface area contributed by atoms with Crippen LogP contribution in [-0.4, -0.2) is 22.7 Å². The van der Waals surface area contributed by atoms with Gasteiger partial charge in [0.25, 0.3) is 0 Å². The van der Waals surface area contributed by atoms with Crippen LogP contribution in [0.3, 0.4) is 0 Å². The molecular weight excluding hydrogens is 344 g/mol. The topological polar surface area (TPSA) is 90.5 Å². The number of amides is 4. The Morgan fingerprint density at radius 1 is 1.07 bits per heavy atom. The molecule has 1 heterocycles. The van der Waals surface area contributed by atoms with Crippen LogP contribution in [0.25, 0.3) is 0 Å². The molecule has 0 bridgehead atoms. The van der Waals surface area contributed by atoms with E-state index in [0.717, 1.165) is 21.7 Å². The van der Waals surface area contributed by atoms with Crippen LogP contribution in [0.2, 0.25) is 0 Å². The highest BCUT2D eigenvalue weighted by molar-refractivity contribution is 6.17. The van der Waals surface area contributed by atoms with E-state index < -0.39 is 23.8 Å². The number of carbonyl (C=O) groups is 3. The van der Waals surface area contributed by atoms with Crippen molar-refractivity contribution in [2.24, 2.45) is 5.92 Å². The summed E-state index contributed by atoms with van der Waals surface area (Å²) in [6.45, 7) is 5.80. The molecule has 138 valence electrons. The van der Waals surface area contributed by atoms with Crippen molar-refractivity contribution in [2.75, 3.05) is 5.43 Å². The Morgan fingerprint density at radius 2 is 1.74 bits per heavy atom. The van der Waals surface area contributed by atoms with Crippen LogP contribution in [-0.2, 0) is 16.1 Å². The van der Waals surface area contributed by atoms with E-state index in [0.29, 0.717) is 0 Å². The minimum Gasteiger partial charge on any atom is -0.304 e. The maximum Gasteiger partial charge on any atom is 0.331 e. The molecule has 2 aromatic carbocycles. The number of imide groups is 2. The number of nitrogens with zero attached hydrogens (tertiary/aromatic N) is 1. The lowest BCUT2D eigenvalue weighted by Gasteiger charge is -2.31. The Bertz CT molecular complexity index is 895. The molecule has 1 atom stereocenters. The van der Waals surface area contributed by atoms with E-state index in [-0.39, 0.29) is 12.2 Å². The van der Waals surface area contributed by atoms with Crippen LogP contribution in [0.4, 0.5) is 10.5 Å². The summed E-state index contributed by atoms with van der Waals surface area (Å²) in [7, 11) is 0. The summed E-state index contributed by atoms with van der Waals surface area (Å²) in [5.74, 6) is -2.52. The lowest BCUT2D eigenvalue weighted by atomic mass is 10.0. The largest absolute Gasteiger partial charge is 0.331 e. The van der Waals surface area contributed by atoms with Crippen LogP contribution >= 0.6 is 0 Å². The summed E-state index contributed by atoms with van der Waals surface area (Å²) < 4.78 is 0. The second kappa shape index (κ2) is 7.74. The zero-order chi connectivity index (χ0) is 19.4. The van der Waals surface area contributed by atoms with E-state index in [1.54, 1.807) is 12.1 Å². The molecular formula is C20H20N4O3. The van der Waals surface area contributed by atoms with E-state index in [1.165, 1.54) is 0 Å². The number of aryl methyl sites for hydroxylation is 1. The predicted molar refractivity (Wildman–Crippen MR) is 101 cm³/mol. The van der Waals surface area contributed by atoms with Crippen LogP contribution in [0.5, 0.6) is 0 Å². The molecule has 0 saturated carbocycles. The minimum absolute atomic E-state index is 0.0772. The number of para-hydroxylation sites is 1. The van der Waals surface area contributed by atoms with Gasteiger partial charge in [0, 0.05) is 5.70 Å². The lowest BCUT2D eigenvalue weighted by Crippen LogP contribution is -2.59. The number of rotatable bonds is 6. The first-order valence-corrected chi connectivity index (χ1v) is 8.44. The first-order chi connectivity index (χ1) is 13.0. The highest BCUT2D eigenvalue weighted by Gasteiger charge is 2.42. The first kappa shape index (κ1) is 18.2. The van der Waals surface area contributed by atoms with Gasteiger partial charge in [-0.25, -0.2) is 4.79 Å². The van der Waals surface area contributed by atoms with E-state index in [2.05, 4.69) is 22.7 Å². The zero-order valence-corrected chi connectivity index (χ0v) is 14.9. The summed E-state index contributed by atoms with van der Waals surface area (Å²) in [5, 5.41) is 2.22. The molecule has 3 N–H and O–H groups in total. The fourth-order valence-corrected chi connectivity index (χ4v) is 2.77. The molecule has 4 amide bonds. The van der Waals surface area contributed by atoms with Gasteiger partial charge >= 0.3 is 6.03 Å². The molecule has 27 heavy (non-hydrogen) atoms. The van der Waals surface area contributed by atoms with Crippen LogP contribution in [0.1, 0.15) is 11.1 Å². The van der Waals surface area contributed by atoms with E-state index >= 15 is 0 Å². The first-order valence-electron chi connectivity index (χ1n) is 8.44. The number of hydrogen-bond acceptors (Lipinski definition) is 5. The van der Waals surface area contributed by atoms with Crippen LogP contribution in [0, 0.1) is 12.8 Å². The smallest absolute Gasteiger partial charge is 0.304 e. The molecule has 0 unspecified atom stereocenters. The SMILES string of the molecule is C=C(NNc1ccccc1C)[C@@H]1C(=O)NC(=O)N(Cc2ccccc2)C1=O. The quantitative estimate of drug-likeness (QED) is 0.541. The van der Waals surface area contributed by atoms with Gasteiger partial charge in [-0.1, -0.05) is 55.1 Å². The van der Waals surface area contributed by atoms with Crippen molar-refractivity contribution in [3.63, 3.8) is 0 Å². The number of anilines is 1. The van der Waals surface area contributed by atoms with Crippen molar-refractivity contribution in [3.05, 3.63) is 78.0 Å². The molecule has 1 saturated heterocycles. The van der Waals surface area contributed by atoms with Gasteiger partial charge < -0.3 is 10.9 Å². The Hall–Kier alpha value is -3.61. The van der Waals surface area contributed by atoms with E-state index in [1.807, 2.05) is 49.4 Å². The minimum atomic E-state index is -1.21. The maximum absolute atomic E-state index is 12.8. The van der Waals surface area contributed by atoms with Gasteiger partial charge in [-0.05, 0) is 24.1 Å². The monoisotopic (exact) mass is 364 g/mol. The van der Waals surface area contributed by atoms with Crippen LogP contribution < -0.4 is 16.2 Å². The number of carbonyl (C=O) groups excluding carboxylic acids is 3. The Kier molecular flexibility index (Phi) is 5.21. The summed E-state index contributed by atoms with van der Waals surface area (Å²) >= 11 is 0. The average Bonchev–Trinajstić information content (AvgIpc) is 2.65. The van der Waals surface area contributed by atoms with Crippen molar-refractivity contribution < 1.29 is 14.4 Å². The van der Waals surface area contributed by atoms with Gasteiger partial charge in [0.15, 0.2) is 5.92 Å². The molecule has 2 aromatic rings. The van der Waals surface area contributed by atoms with Gasteiger partial charge in [-0.3, -0.25) is 19.8 Å². The number of barbiturate groups is 1. The van der Waals surface area contributed by atoms with Gasteiger partial charge in [0.1, 0.15) is 0 Å². The number of hydrogen-bond donors (Lipinski definition) is 3. The third kappa shape index (κ3) is 3.98. The molecule has 1 fully saturated rings. The normalized spacial score (nSPS) is 16.7. The van der Waals surface area contributed by atoms with Crippen LogP contribution in [0.15, 0.2) is 66.9 Å². The summed E-state index contributed by atoms with van der Waals surface area (Å²) in [6, 6.07) is 15.9. The standard InChI is InChI=1S/C20H20N4O3/c1-13-8-6-7-11-16(13)23-22-14(2)17-18(25)21-20(27)24(19(17)26)12-15-9-4-3-5-10-15/h3-11,17,22-23H,2,12H2,1H3,(H,21,25,27)/t17-/m1/s1. The lowest BCUT2D eigenvalue weighted by molar-refractivity contribution is -0.141. The Labute approximate surface area is 157 Å². The van der Waals surface area contributed by atoms with E-state index in [4.69, 9.17) is 0 Å². The summed E-state index contributed by atoms with van der Waals surface area (Å²) in [6.07, 6.45) is 0. The molecule has 1 aliphatic rings. The predicted octanol–water partition coefficient (Wildman–Crippen LogP) is 2.32. The highest BCUT2D eigenvalue weighted by atomic mass is 16.2. The van der Waals surface area contributed by atoms with Gasteiger partial charge in [-0.15, -0.1) is 0 Å². The molecule has 7 nitrogen and oxygen atoms in total. The fraction of sp³-hybridized carbons (Fsp3) is 0.150. The Morgan fingerprint density at radius 3 is 2.44 bits per heavy atom. The molecule has 1 aliphatic heterocycles. The van der Waals surface area contributed by atoms with Gasteiger partial charge in [0.05, 0.1) is 12.2 Å². The van der Waals surface area contributed by atoms with Crippen molar-refractivity contribution in [2.45, 2.75) is 13.5 Å². The van der Waals surface area contributed by atoms with Crippen molar-refractivity contribution in [1.82, 2.24) is 15.6 Å². The summed E-state index contributed by atoms with van der Waals surface area (Å²) in [4.78, 5) is 38.1. The highest BCUT2D eigenvalue weighted by Crippen LogP contribution is 2.19. The molecule has 3 rings (SSSR count). The maximum atomic E-state index is 12.8. The Balaban J connectivity index is 1.72. The van der Waals surface area contributed by atoms with Crippen molar-refractivity contribution in [3.8, 4) is 0 Å². The van der Waals surface area contributed by atoms with Gasteiger partial charge in [0.2, 0.25) is 11.8 Å². The third-order valence-electron chi connectivity index (χ3n) is 4.29. The number of benzene rings is 2. The molecule has 0 radical (unpaired) electrons. The number of nitrogens with one attached hydrogen (secondary N) is 3. The second-order valence-corrected chi connectivity index (χ2v) is 6.23.